The van der Waals surface area contributed by atoms with Crippen molar-refractivity contribution in [2.24, 2.45) is 0 Å². The van der Waals surface area contributed by atoms with Crippen molar-refractivity contribution < 1.29 is 4.74 Å². The molecule has 2 atom stereocenters. The topological polar surface area (TPSA) is 21.3 Å². The molecule has 0 aromatic rings. The largest absolute Gasteiger partial charge is 0.377 e. The number of methoxy groups -OCH3 is 1. The predicted octanol–water partition coefficient (Wildman–Crippen LogP) is 1.94. The normalized spacial score (nSPS) is 28.8. The van der Waals surface area contributed by atoms with Gasteiger partial charge in [0.1, 0.15) is 0 Å². The van der Waals surface area contributed by atoms with Crippen molar-refractivity contribution in [3.63, 3.8) is 0 Å². The first-order valence-corrected chi connectivity index (χ1v) is 5.01. The van der Waals surface area contributed by atoms with E-state index >= 15 is 0 Å². The molecule has 0 aromatic carbocycles. The van der Waals surface area contributed by atoms with Gasteiger partial charge in [-0.05, 0) is 32.7 Å². The second-order valence-corrected chi connectivity index (χ2v) is 3.92. The quantitative estimate of drug-likeness (QED) is 0.698. The van der Waals surface area contributed by atoms with Crippen molar-refractivity contribution in [2.75, 3.05) is 13.7 Å². The molecule has 0 aromatic heterocycles. The Kier molecular flexibility index (Phi) is 3.53. The van der Waals surface area contributed by atoms with Gasteiger partial charge in [-0.1, -0.05) is 13.3 Å². The lowest BCUT2D eigenvalue weighted by Crippen LogP contribution is -2.46. The highest BCUT2D eigenvalue weighted by molar-refractivity contribution is 4.92. The van der Waals surface area contributed by atoms with Crippen LogP contribution in [0.4, 0.5) is 0 Å². The van der Waals surface area contributed by atoms with E-state index in [0.717, 1.165) is 13.0 Å². The summed E-state index contributed by atoms with van der Waals surface area (Å²) < 4.78 is 5.60. The summed E-state index contributed by atoms with van der Waals surface area (Å²) in [6.07, 6.45) is 4.92. The summed E-state index contributed by atoms with van der Waals surface area (Å²) in [5, 5.41) is 3.51. The van der Waals surface area contributed by atoms with E-state index in [4.69, 9.17) is 4.74 Å². The fourth-order valence-corrected chi connectivity index (χ4v) is 2.12. The molecule has 1 saturated heterocycles. The summed E-state index contributed by atoms with van der Waals surface area (Å²) >= 11 is 0. The zero-order valence-electron chi connectivity index (χ0n) is 8.52. The van der Waals surface area contributed by atoms with Gasteiger partial charge in [0.15, 0.2) is 0 Å². The van der Waals surface area contributed by atoms with Crippen LogP contribution in [0.5, 0.6) is 0 Å². The van der Waals surface area contributed by atoms with E-state index in [1.807, 2.05) is 7.11 Å². The zero-order chi connectivity index (χ0) is 9.03. The fourth-order valence-electron chi connectivity index (χ4n) is 2.12. The molecule has 0 radical (unpaired) electrons. The molecule has 0 bridgehead atoms. The minimum Gasteiger partial charge on any atom is -0.377 e. The van der Waals surface area contributed by atoms with Gasteiger partial charge in [-0.3, -0.25) is 0 Å². The average molecular weight is 171 g/mol. The van der Waals surface area contributed by atoms with Gasteiger partial charge < -0.3 is 10.1 Å². The molecular formula is C10H21NO. The maximum atomic E-state index is 5.60. The van der Waals surface area contributed by atoms with Crippen LogP contribution < -0.4 is 5.32 Å². The fraction of sp³-hybridized carbons (Fsp3) is 1.00. The minimum atomic E-state index is 0.0608. The molecular weight excluding hydrogens is 150 g/mol. The third kappa shape index (κ3) is 1.99. The lowest BCUT2D eigenvalue weighted by Gasteiger charge is -2.34. The Hall–Kier alpha value is -0.0800. The summed E-state index contributed by atoms with van der Waals surface area (Å²) in [5.74, 6) is 0. The monoisotopic (exact) mass is 171 g/mol. The first-order chi connectivity index (χ1) is 5.73. The second-order valence-electron chi connectivity index (χ2n) is 3.92. The van der Waals surface area contributed by atoms with Crippen LogP contribution in [-0.2, 0) is 4.74 Å². The molecule has 0 amide bonds. The molecule has 1 aliphatic rings. The number of hydrogen-bond donors (Lipinski definition) is 1. The molecule has 1 heterocycles. The van der Waals surface area contributed by atoms with E-state index in [2.05, 4.69) is 19.2 Å². The molecule has 1 rings (SSSR count). The molecule has 2 nitrogen and oxygen atoms in total. The summed E-state index contributed by atoms with van der Waals surface area (Å²) in [4.78, 5) is 0. The van der Waals surface area contributed by atoms with Crippen molar-refractivity contribution >= 4 is 0 Å². The van der Waals surface area contributed by atoms with Crippen molar-refractivity contribution in [3.05, 3.63) is 0 Å². The lowest BCUT2D eigenvalue weighted by molar-refractivity contribution is -0.0280. The lowest BCUT2D eigenvalue weighted by atomic mass is 9.90. The molecule has 72 valence electrons. The van der Waals surface area contributed by atoms with Crippen molar-refractivity contribution in [1.82, 2.24) is 5.32 Å². The summed E-state index contributed by atoms with van der Waals surface area (Å²) in [7, 11) is 1.83. The van der Waals surface area contributed by atoms with E-state index < -0.39 is 0 Å². The highest BCUT2D eigenvalue weighted by Gasteiger charge is 2.34. The predicted molar refractivity (Wildman–Crippen MR) is 51.3 cm³/mol. The van der Waals surface area contributed by atoms with E-state index in [1.165, 1.54) is 19.3 Å². The van der Waals surface area contributed by atoms with Gasteiger partial charge in [-0.2, -0.15) is 0 Å². The maximum absolute atomic E-state index is 5.60. The van der Waals surface area contributed by atoms with Gasteiger partial charge in [0, 0.05) is 13.2 Å². The van der Waals surface area contributed by atoms with Gasteiger partial charge in [-0.25, -0.2) is 0 Å². The number of hydrogen-bond acceptors (Lipinski definition) is 2. The average Bonchev–Trinajstić information content (AvgIpc) is 2.57. The maximum Gasteiger partial charge on any atom is 0.0802 e. The molecule has 1 fully saturated rings. The van der Waals surface area contributed by atoms with E-state index in [1.54, 1.807) is 0 Å². The summed E-state index contributed by atoms with van der Waals surface area (Å²) in [6, 6.07) is 0.572. The van der Waals surface area contributed by atoms with E-state index in [0.29, 0.717) is 6.04 Å². The highest BCUT2D eigenvalue weighted by atomic mass is 16.5. The smallest absolute Gasteiger partial charge is 0.0802 e. The standard InChI is InChI=1S/C10H21NO/c1-4-7-10(2,12-3)9-6-5-8-11-9/h9,11H,4-8H2,1-3H3. The Bertz CT molecular complexity index is 132. The number of nitrogens with one attached hydrogen (secondary N) is 1. The van der Waals surface area contributed by atoms with Crippen LogP contribution >= 0.6 is 0 Å². The Morgan fingerprint density at radius 1 is 1.58 bits per heavy atom. The first kappa shape index (κ1) is 10.0. The van der Waals surface area contributed by atoms with Gasteiger partial charge in [0.25, 0.3) is 0 Å². The van der Waals surface area contributed by atoms with Gasteiger partial charge in [-0.15, -0.1) is 0 Å². The first-order valence-electron chi connectivity index (χ1n) is 5.01. The van der Waals surface area contributed by atoms with Gasteiger partial charge >= 0.3 is 0 Å². The molecule has 2 heteroatoms. The Balaban J connectivity index is 2.51. The SMILES string of the molecule is CCCC(C)(OC)C1CCCN1. The third-order valence-corrected chi connectivity index (χ3v) is 3.01. The second kappa shape index (κ2) is 4.24. The number of rotatable bonds is 4. The molecule has 0 spiro atoms. The van der Waals surface area contributed by atoms with Crippen LogP contribution in [0.2, 0.25) is 0 Å². The summed E-state index contributed by atoms with van der Waals surface area (Å²) in [6.45, 7) is 5.60. The van der Waals surface area contributed by atoms with E-state index in [-0.39, 0.29) is 5.60 Å². The van der Waals surface area contributed by atoms with Crippen LogP contribution in [0.1, 0.15) is 39.5 Å². The van der Waals surface area contributed by atoms with Crippen LogP contribution in [0.15, 0.2) is 0 Å². The molecule has 2 unspecified atom stereocenters. The minimum absolute atomic E-state index is 0.0608. The van der Waals surface area contributed by atoms with Crippen LogP contribution in [0.25, 0.3) is 0 Å². The number of ether oxygens (including phenoxy) is 1. The molecule has 0 aliphatic carbocycles. The molecule has 1 N–H and O–H groups in total. The Morgan fingerprint density at radius 2 is 2.33 bits per heavy atom. The highest BCUT2D eigenvalue weighted by Crippen LogP contribution is 2.26. The summed E-state index contributed by atoms with van der Waals surface area (Å²) in [5.41, 5.74) is 0.0608. The van der Waals surface area contributed by atoms with Gasteiger partial charge in [0.2, 0.25) is 0 Å². The van der Waals surface area contributed by atoms with Crippen molar-refractivity contribution in [3.8, 4) is 0 Å². The Labute approximate surface area is 75.7 Å². The van der Waals surface area contributed by atoms with E-state index in [9.17, 15) is 0 Å². The molecule has 12 heavy (non-hydrogen) atoms. The van der Waals surface area contributed by atoms with Gasteiger partial charge in [0.05, 0.1) is 5.60 Å². The van der Waals surface area contributed by atoms with Crippen molar-refractivity contribution in [1.29, 1.82) is 0 Å². The van der Waals surface area contributed by atoms with Crippen molar-refractivity contribution in [2.45, 2.75) is 51.2 Å². The zero-order valence-corrected chi connectivity index (χ0v) is 8.52. The molecule has 1 aliphatic heterocycles. The van der Waals surface area contributed by atoms with Crippen LogP contribution in [-0.4, -0.2) is 25.3 Å². The Morgan fingerprint density at radius 3 is 2.75 bits per heavy atom. The van der Waals surface area contributed by atoms with Crippen LogP contribution in [0.3, 0.4) is 0 Å². The third-order valence-electron chi connectivity index (χ3n) is 3.01. The molecule has 0 saturated carbocycles. The van der Waals surface area contributed by atoms with Crippen LogP contribution in [0, 0.1) is 0 Å².